The summed E-state index contributed by atoms with van der Waals surface area (Å²) in [6.45, 7) is 5.93. The maximum atomic E-state index is 6.34. The van der Waals surface area contributed by atoms with Gasteiger partial charge in [0.2, 0.25) is 0 Å². The van der Waals surface area contributed by atoms with Gasteiger partial charge in [0, 0.05) is 30.0 Å². The summed E-state index contributed by atoms with van der Waals surface area (Å²) in [4.78, 5) is 0. The topological polar surface area (TPSA) is 39.7 Å². The molecule has 4 aromatic carbocycles. The largest absolute Gasteiger partial charge is 0.492 e. The van der Waals surface area contributed by atoms with Crippen LogP contribution in [0.1, 0.15) is 53.9 Å². The van der Waals surface area contributed by atoms with Crippen LogP contribution >= 0.6 is 0 Å². The fraction of sp³-hybridized carbons (Fsp3) is 0.294. The maximum absolute atomic E-state index is 6.34. The molecule has 4 heteroatoms. The van der Waals surface area contributed by atoms with Gasteiger partial charge in [0.25, 0.3) is 0 Å². The Balaban J connectivity index is 1.34. The number of ether oxygens (including phenoxy) is 3. The van der Waals surface area contributed by atoms with Crippen LogP contribution in [0.3, 0.4) is 0 Å². The average molecular weight is 508 g/mol. The highest BCUT2D eigenvalue weighted by atomic mass is 16.5. The van der Waals surface area contributed by atoms with Gasteiger partial charge in [-0.15, -0.1) is 0 Å². The van der Waals surface area contributed by atoms with E-state index in [4.69, 9.17) is 14.2 Å². The third-order valence-corrected chi connectivity index (χ3v) is 7.11. The standard InChI is InChI=1S/C34H37NO3/c1-2-3-20-35-21-22-36-29-16-14-28(15-17-29)34-31-19-18-30(37-24-26-10-6-4-7-11-26)23-33(31)38-25-32(34)27-12-8-5-9-13-27/h4-19,23,32,34-35H,2-3,20-22,24-25H2,1H3. The van der Waals surface area contributed by atoms with Crippen LogP contribution in [0, 0.1) is 0 Å². The van der Waals surface area contributed by atoms with Gasteiger partial charge in [0.15, 0.2) is 0 Å². The Morgan fingerprint density at radius 1 is 0.763 bits per heavy atom. The van der Waals surface area contributed by atoms with E-state index in [1.54, 1.807) is 0 Å². The van der Waals surface area contributed by atoms with E-state index in [-0.39, 0.29) is 11.8 Å². The van der Waals surface area contributed by atoms with Gasteiger partial charge in [-0.2, -0.15) is 0 Å². The number of nitrogens with one attached hydrogen (secondary N) is 1. The Kier molecular flexibility index (Phi) is 8.96. The minimum absolute atomic E-state index is 0.175. The van der Waals surface area contributed by atoms with Crippen molar-refractivity contribution in [1.82, 2.24) is 5.32 Å². The predicted molar refractivity (Wildman–Crippen MR) is 153 cm³/mol. The molecule has 5 rings (SSSR count). The maximum Gasteiger partial charge on any atom is 0.126 e. The highest BCUT2D eigenvalue weighted by molar-refractivity contribution is 5.51. The van der Waals surface area contributed by atoms with Crippen molar-refractivity contribution >= 4 is 0 Å². The molecule has 0 saturated carbocycles. The molecule has 196 valence electrons. The van der Waals surface area contributed by atoms with Crippen molar-refractivity contribution < 1.29 is 14.2 Å². The monoisotopic (exact) mass is 507 g/mol. The molecule has 0 amide bonds. The van der Waals surface area contributed by atoms with Gasteiger partial charge in [-0.05, 0) is 47.9 Å². The van der Waals surface area contributed by atoms with Crippen molar-refractivity contribution in [1.29, 1.82) is 0 Å². The van der Waals surface area contributed by atoms with Gasteiger partial charge in [-0.25, -0.2) is 0 Å². The molecule has 0 fully saturated rings. The summed E-state index contributed by atoms with van der Waals surface area (Å²) in [6.07, 6.45) is 2.40. The first-order chi connectivity index (χ1) is 18.8. The van der Waals surface area contributed by atoms with Crippen molar-refractivity contribution in [2.24, 2.45) is 0 Å². The van der Waals surface area contributed by atoms with E-state index >= 15 is 0 Å². The van der Waals surface area contributed by atoms with E-state index in [0.717, 1.165) is 35.9 Å². The second-order valence-electron chi connectivity index (χ2n) is 9.80. The number of unbranched alkanes of at least 4 members (excludes halogenated alkanes) is 1. The molecule has 0 saturated heterocycles. The molecule has 1 N–H and O–H groups in total. The number of benzene rings is 4. The fourth-order valence-electron chi connectivity index (χ4n) is 5.06. The lowest BCUT2D eigenvalue weighted by Crippen LogP contribution is -2.25. The molecule has 0 aromatic heterocycles. The Morgan fingerprint density at radius 3 is 2.26 bits per heavy atom. The van der Waals surface area contributed by atoms with E-state index in [2.05, 4.69) is 91.1 Å². The Bertz CT molecular complexity index is 1260. The number of hydrogen-bond acceptors (Lipinski definition) is 4. The molecule has 0 spiro atoms. The number of hydrogen-bond donors (Lipinski definition) is 1. The lowest BCUT2D eigenvalue weighted by atomic mass is 9.76. The molecule has 1 aliphatic heterocycles. The minimum atomic E-state index is 0.175. The van der Waals surface area contributed by atoms with Gasteiger partial charge < -0.3 is 19.5 Å². The number of fused-ring (bicyclic) bond motifs is 1. The zero-order valence-corrected chi connectivity index (χ0v) is 22.1. The molecule has 4 aromatic rings. The molecule has 2 unspecified atom stereocenters. The molecule has 4 nitrogen and oxygen atoms in total. The quantitative estimate of drug-likeness (QED) is 0.204. The average Bonchev–Trinajstić information content (AvgIpc) is 2.98. The SMILES string of the molecule is CCCCNCCOc1ccc(C2c3ccc(OCc4ccccc4)cc3OCC2c2ccccc2)cc1. The first kappa shape index (κ1) is 25.9. The Hall–Kier alpha value is -3.76. The highest BCUT2D eigenvalue weighted by Crippen LogP contribution is 2.47. The third kappa shape index (κ3) is 6.56. The summed E-state index contributed by atoms with van der Waals surface area (Å²) in [7, 11) is 0. The molecule has 2 atom stereocenters. The first-order valence-corrected chi connectivity index (χ1v) is 13.7. The van der Waals surface area contributed by atoms with Crippen LogP contribution in [0.5, 0.6) is 17.2 Å². The lowest BCUT2D eigenvalue weighted by molar-refractivity contribution is 0.245. The molecule has 38 heavy (non-hydrogen) atoms. The summed E-state index contributed by atoms with van der Waals surface area (Å²) in [5.74, 6) is 3.01. The second kappa shape index (κ2) is 13.2. The van der Waals surface area contributed by atoms with Gasteiger partial charge in [0.1, 0.15) is 30.5 Å². The van der Waals surface area contributed by atoms with Crippen molar-refractivity contribution in [3.05, 3.63) is 125 Å². The summed E-state index contributed by atoms with van der Waals surface area (Å²) in [6, 6.07) is 35.8. The molecule has 1 heterocycles. The zero-order valence-electron chi connectivity index (χ0n) is 22.1. The zero-order chi connectivity index (χ0) is 26.0. The fourth-order valence-corrected chi connectivity index (χ4v) is 5.06. The van der Waals surface area contributed by atoms with E-state index < -0.39 is 0 Å². The van der Waals surface area contributed by atoms with E-state index in [9.17, 15) is 0 Å². The summed E-state index contributed by atoms with van der Waals surface area (Å²) < 4.78 is 18.4. The van der Waals surface area contributed by atoms with Gasteiger partial charge in [0.05, 0.1) is 6.61 Å². The van der Waals surface area contributed by atoms with Crippen LogP contribution < -0.4 is 19.5 Å². The van der Waals surface area contributed by atoms with Gasteiger partial charge in [-0.1, -0.05) is 92.2 Å². The minimum Gasteiger partial charge on any atom is -0.492 e. The summed E-state index contributed by atoms with van der Waals surface area (Å²) >= 11 is 0. The number of rotatable bonds is 12. The first-order valence-electron chi connectivity index (χ1n) is 13.7. The lowest BCUT2D eigenvalue weighted by Gasteiger charge is -2.34. The van der Waals surface area contributed by atoms with E-state index in [1.165, 1.54) is 29.5 Å². The Labute approximate surface area is 226 Å². The summed E-state index contributed by atoms with van der Waals surface area (Å²) in [5, 5.41) is 3.43. The van der Waals surface area contributed by atoms with Crippen molar-refractivity contribution in [3.63, 3.8) is 0 Å². The molecule has 0 radical (unpaired) electrons. The Morgan fingerprint density at radius 2 is 1.50 bits per heavy atom. The van der Waals surface area contributed by atoms with Gasteiger partial charge in [-0.3, -0.25) is 0 Å². The molecule has 0 aliphatic carbocycles. The van der Waals surface area contributed by atoms with Crippen molar-refractivity contribution in [2.75, 3.05) is 26.3 Å². The molecular formula is C34H37NO3. The second-order valence-corrected chi connectivity index (χ2v) is 9.80. The van der Waals surface area contributed by atoms with Crippen LogP contribution in [0.2, 0.25) is 0 Å². The van der Waals surface area contributed by atoms with Crippen LogP contribution in [0.4, 0.5) is 0 Å². The van der Waals surface area contributed by atoms with Gasteiger partial charge >= 0.3 is 0 Å². The van der Waals surface area contributed by atoms with Crippen LogP contribution in [0.25, 0.3) is 0 Å². The highest BCUT2D eigenvalue weighted by Gasteiger charge is 2.33. The van der Waals surface area contributed by atoms with E-state index in [0.29, 0.717) is 19.8 Å². The van der Waals surface area contributed by atoms with Crippen molar-refractivity contribution in [2.45, 2.75) is 38.2 Å². The summed E-state index contributed by atoms with van der Waals surface area (Å²) in [5.41, 5.74) is 4.87. The van der Waals surface area contributed by atoms with Crippen LogP contribution in [-0.2, 0) is 6.61 Å². The van der Waals surface area contributed by atoms with Crippen molar-refractivity contribution in [3.8, 4) is 17.2 Å². The normalized spacial score (nSPS) is 16.3. The molecule has 0 bridgehead atoms. The van der Waals surface area contributed by atoms with E-state index in [1.807, 2.05) is 24.3 Å². The molecular weight excluding hydrogens is 470 g/mol. The molecule has 1 aliphatic rings. The van der Waals surface area contributed by atoms with Crippen LogP contribution in [-0.4, -0.2) is 26.3 Å². The third-order valence-electron chi connectivity index (χ3n) is 7.11. The predicted octanol–water partition coefficient (Wildman–Crippen LogP) is 7.34. The smallest absolute Gasteiger partial charge is 0.126 e. The van der Waals surface area contributed by atoms with Crippen LogP contribution in [0.15, 0.2) is 103 Å².